The van der Waals surface area contributed by atoms with Gasteiger partial charge in [-0.25, -0.2) is 0 Å². The number of hydrogen-bond donors (Lipinski definition) is 1. The van der Waals surface area contributed by atoms with Crippen molar-refractivity contribution in [3.63, 3.8) is 0 Å². The average molecular weight is 187 g/mol. The first-order valence-electron chi connectivity index (χ1n) is 4.67. The second kappa shape index (κ2) is 4.58. The van der Waals surface area contributed by atoms with Gasteiger partial charge >= 0.3 is 0 Å². The molecule has 1 saturated heterocycles. The minimum absolute atomic E-state index is 0.0182. The van der Waals surface area contributed by atoms with Crippen molar-refractivity contribution in [2.75, 3.05) is 26.3 Å². The minimum atomic E-state index is -0.863. The third kappa shape index (κ3) is 2.67. The second-order valence-electron chi connectivity index (χ2n) is 3.63. The number of nitrogens with zero attached hydrogens (tertiary/aromatic N) is 1. The van der Waals surface area contributed by atoms with Crippen LogP contribution in [0.5, 0.6) is 0 Å². The van der Waals surface area contributed by atoms with Crippen molar-refractivity contribution in [2.24, 2.45) is 5.92 Å². The van der Waals surface area contributed by atoms with E-state index in [-0.39, 0.29) is 11.8 Å². The summed E-state index contributed by atoms with van der Waals surface area (Å²) in [5.74, 6) is -0.186. The summed E-state index contributed by atoms with van der Waals surface area (Å²) in [4.78, 5) is 13.2. The van der Waals surface area contributed by atoms with Crippen LogP contribution in [0.3, 0.4) is 0 Å². The zero-order valence-corrected chi connectivity index (χ0v) is 8.19. The molecule has 1 amide bonds. The summed E-state index contributed by atoms with van der Waals surface area (Å²) >= 11 is 0. The number of hydrogen-bond acceptors (Lipinski definition) is 3. The third-order valence-electron chi connectivity index (χ3n) is 2.21. The average Bonchev–Trinajstić information content (AvgIpc) is 2.17. The molecule has 1 unspecified atom stereocenters. The number of amides is 1. The first kappa shape index (κ1) is 10.5. The van der Waals surface area contributed by atoms with E-state index in [9.17, 15) is 9.90 Å². The lowest BCUT2D eigenvalue weighted by Crippen LogP contribution is -2.47. The van der Waals surface area contributed by atoms with Crippen LogP contribution in [-0.4, -0.2) is 48.3 Å². The number of carbonyl (C=O) groups excluding carboxylic acids is 1. The van der Waals surface area contributed by atoms with Gasteiger partial charge in [-0.1, -0.05) is 13.8 Å². The van der Waals surface area contributed by atoms with E-state index >= 15 is 0 Å². The maximum absolute atomic E-state index is 11.6. The highest BCUT2D eigenvalue weighted by atomic mass is 16.5. The lowest BCUT2D eigenvalue weighted by atomic mass is 10.1. The maximum atomic E-state index is 11.6. The van der Waals surface area contributed by atoms with Gasteiger partial charge in [0.05, 0.1) is 13.2 Å². The highest BCUT2D eigenvalue weighted by Crippen LogP contribution is 2.07. The molecule has 76 valence electrons. The molecular formula is C9H17NO3. The molecule has 0 aromatic rings. The topological polar surface area (TPSA) is 49.8 Å². The molecule has 0 bridgehead atoms. The zero-order valence-electron chi connectivity index (χ0n) is 8.19. The first-order valence-corrected chi connectivity index (χ1v) is 4.67. The van der Waals surface area contributed by atoms with Crippen LogP contribution in [0.25, 0.3) is 0 Å². The van der Waals surface area contributed by atoms with Gasteiger partial charge in [0, 0.05) is 13.1 Å². The molecule has 0 spiro atoms. The Morgan fingerprint density at radius 2 is 1.92 bits per heavy atom. The summed E-state index contributed by atoms with van der Waals surface area (Å²) < 4.78 is 5.11. The number of ether oxygens (including phenoxy) is 1. The Labute approximate surface area is 78.5 Å². The SMILES string of the molecule is CC(C)C(O)C(=O)N1CCOCC1. The standard InChI is InChI=1S/C9H17NO3/c1-7(2)8(11)9(12)10-3-5-13-6-4-10/h7-8,11H,3-6H2,1-2H3. The van der Waals surface area contributed by atoms with E-state index in [4.69, 9.17) is 4.74 Å². The molecule has 1 aliphatic rings. The smallest absolute Gasteiger partial charge is 0.251 e. The van der Waals surface area contributed by atoms with Crippen molar-refractivity contribution in [2.45, 2.75) is 20.0 Å². The molecule has 1 aliphatic heterocycles. The van der Waals surface area contributed by atoms with E-state index in [1.807, 2.05) is 13.8 Å². The van der Waals surface area contributed by atoms with Crippen molar-refractivity contribution < 1.29 is 14.6 Å². The Bertz CT molecular complexity index is 176. The lowest BCUT2D eigenvalue weighted by Gasteiger charge is -2.29. The van der Waals surface area contributed by atoms with Crippen molar-refractivity contribution in [1.82, 2.24) is 4.90 Å². The number of carbonyl (C=O) groups is 1. The molecule has 13 heavy (non-hydrogen) atoms. The number of aliphatic hydroxyl groups excluding tert-OH is 1. The summed E-state index contributed by atoms with van der Waals surface area (Å²) in [5, 5.41) is 9.52. The molecule has 1 N–H and O–H groups in total. The quantitative estimate of drug-likeness (QED) is 0.654. The van der Waals surface area contributed by atoms with Gasteiger partial charge in [0.1, 0.15) is 6.10 Å². The second-order valence-corrected chi connectivity index (χ2v) is 3.63. The molecule has 0 aliphatic carbocycles. The van der Waals surface area contributed by atoms with E-state index < -0.39 is 6.10 Å². The molecular weight excluding hydrogens is 170 g/mol. The van der Waals surface area contributed by atoms with Crippen molar-refractivity contribution >= 4 is 5.91 Å². The molecule has 4 nitrogen and oxygen atoms in total. The number of morpholine rings is 1. The highest BCUT2D eigenvalue weighted by Gasteiger charge is 2.25. The van der Waals surface area contributed by atoms with Crippen LogP contribution in [0.1, 0.15) is 13.8 Å². The summed E-state index contributed by atoms with van der Waals surface area (Å²) in [5.41, 5.74) is 0. The van der Waals surface area contributed by atoms with Crippen LogP contribution < -0.4 is 0 Å². The monoisotopic (exact) mass is 187 g/mol. The van der Waals surface area contributed by atoms with Crippen LogP contribution in [0.15, 0.2) is 0 Å². The van der Waals surface area contributed by atoms with Crippen LogP contribution in [0.2, 0.25) is 0 Å². The Balaban J connectivity index is 2.45. The van der Waals surface area contributed by atoms with Gasteiger partial charge in [-0.05, 0) is 5.92 Å². The van der Waals surface area contributed by atoms with Gasteiger partial charge < -0.3 is 14.7 Å². The molecule has 1 atom stereocenters. The van der Waals surface area contributed by atoms with E-state index in [1.165, 1.54) is 0 Å². The molecule has 0 aromatic carbocycles. The minimum Gasteiger partial charge on any atom is -0.383 e. The number of aliphatic hydroxyl groups is 1. The van der Waals surface area contributed by atoms with E-state index in [2.05, 4.69) is 0 Å². The summed E-state index contributed by atoms with van der Waals surface area (Å²) in [7, 11) is 0. The largest absolute Gasteiger partial charge is 0.383 e. The molecule has 0 radical (unpaired) electrons. The van der Waals surface area contributed by atoms with Gasteiger partial charge in [0.15, 0.2) is 0 Å². The van der Waals surface area contributed by atoms with Crippen LogP contribution in [0.4, 0.5) is 0 Å². The van der Waals surface area contributed by atoms with Gasteiger partial charge in [-0.15, -0.1) is 0 Å². The molecule has 1 rings (SSSR count). The first-order chi connectivity index (χ1) is 6.13. The fourth-order valence-corrected chi connectivity index (χ4v) is 1.26. The third-order valence-corrected chi connectivity index (χ3v) is 2.21. The number of rotatable bonds is 2. The van der Waals surface area contributed by atoms with E-state index in [1.54, 1.807) is 4.90 Å². The Kier molecular flexibility index (Phi) is 3.69. The van der Waals surface area contributed by atoms with Gasteiger partial charge in [0.2, 0.25) is 0 Å². The molecule has 1 fully saturated rings. The zero-order chi connectivity index (χ0) is 9.84. The van der Waals surface area contributed by atoms with Crippen LogP contribution >= 0.6 is 0 Å². The maximum Gasteiger partial charge on any atom is 0.251 e. The van der Waals surface area contributed by atoms with Crippen molar-refractivity contribution in [1.29, 1.82) is 0 Å². The Hall–Kier alpha value is -0.610. The summed E-state index contributed by atoms with van der Waals surface area (Å²) in [6, 6.07) is 0. The van der Waals surface area contributed by atoms with Crippen LogP contribution in [0, 0.1) is 5.92 Å². The molecule has 0 aromatic heterocycles. The van der Waals surface area contributed by atoms with Crippen molar-refractivity contribution in [3.8, 4) is 0 Å². The summed E-state index contributed by atoms with van der Waals surface area (Å²) in [6.45, 7) is 6.03. The Morgan fingerprint density at radius 3 is 2.38 bits per heavy atom. The predicted octanol–water partition coefficient (Wildman–Crippen LogP) is -0.138. The predicted molar refractivity (Wildman–Crippen MR) is 48.2 cm³/mol. The normalized spacial score (nSPS) is 20.5. The van der Waals surface area contributed by atoms with Crippen molar-refractivity contribution in [3.05, 3.63) is 0 Å². The lowest BCUT2D eigenvalue weighted by molar-refractivity contribution is -0.146. The molecule has 1 heterocycles. The fraction of sp³-hybridized carbons (Fsp3) is 0.889. The molecule has 4 heteroatoms. The van der Waals surface area contributed by atoms with Gasteiger partial charge in [0.25, 0.3) is 5.91 Å². The van der Waals surface area contributed by atoms with Crippen LogP contribution in [-0.2, 0) is 9.53 Å². The fourth-order valence-electron chi connectivity index (χ4n) is 1.26. The van der Waals surface area contributed by atoms with Gasteiger partial charge in [-0.2, -0.15) is 0 Å². The molecule has 0 saturated carbocycles. The van der Waals surface area contributed by atoms with Gasteiger partial charge in [-0.3, -0.25) is 4.79 Å². The highest BCUT2D eigenvalue weighted by molar-refractivity contribution is 5.80. The van der Waals surface area contributed by atoms with E-state index in [0.717, 1.165) is 0 Å². The Morgan fingerprint density at radius 1 is 1.38 bits per heavy atom. The summed E-state index contributed by atoms with van der Waals surface area (Å²) in [6.07, 6.45) is -0.863. The van der Waals surface area contributed by atoms with E-state index in [0.29, 0.717) is 26.3 Å².